The largest absolute Gasteiger partial charge is 0.207 e. The molecular weight excluding hydrogens is 454 g/mol. The van der Waals surface area contributed by atoms with Crippen LogP contribution in [0.3, 0.4) is 0 Å². The Hall–Kier alpha value is 0.380. The van der Waals surface area contributed by atoms with Crippen molar-refractivity contribution >= 4 is 30.2 Å². The van der Waals surface area contributed by atoms with Gasteiger partial charge in [0.05, 0.1) is 0 Å². The van der Waals surface area contributed by atoms with Gasteiger partial charge in [0.15, 0.2) is 0 Å². The van der Waals surface area contributed by atoms with Crippen LogP contribution in [-0.2, 0) is 49.0 Å². The van der Waals surface area contributed by atoms with Crippen LogP contribution in [0.2, 0.25) is 13.1 Å². The molecule has 0 saturated carbocycles. The summed E-state index contributed by atoms with van der Waals surface area (Å²) in [6.45, 7) is 9.00. The van der Waals surface area contributed by atoms with Gasteiger partial charge in [0, 0.05) is 0 Å². The summed E-state index contributed by atoms with van der Waals surface area (Å²) in [6.07, 6.45) is 10.9. The fourth-order valence-corrected chi connectivity index (χ4v) is 3.75. The van der Waals surface area contributed by atoms with E-state index in [1.807, 2.05) is 0 Å². The predicted molar refractivity (Wildman–Crippen MR) is 119 cm³/mol. The Labute approximate surface area is 188 Å². The molecule has 0 aliphatic heterocycles. The van der Waals surface area contributed by atoms with Crippen molar-refractivity contribution in [3.05, 3.63) is 57.6 Å². The zero-order valence-electron chi connectivity index (χ0n) is 16.8. The van der Waals surface area contributed by atoms with E-state index in [0.717, 1.165) is 0 Å². The van der Waals surface area contributed by atoms with Crippen molar-refractivity contribution in [3.8, 4) is 0 Å². The summed E-state index contributed by atoms with van der Waals surface area (Å²) in [4.78, 5) is 0. The number of fused-ring (bicyclic) bond motifs is 2. The number of halogens is 2. The number of hydrogen-bond acceptors (Lipinski definition) is 0. The molecule has 0 bridgehead atoms. The van der Waals surface area contributed by atoms with E-state index in [4.69, 9.17) is 0 Å². The Bertz CT molecular complexity index is 566. The predicted octanol–water partition coefficient (Wildman–Crippen LogP) is 6.81. The van der Waals surface area contributed by atoms with Crippen LogP contribution < -0.4 is 0 Å². The molecule has 2 aliphatic rings. The maximum Gasteiger partial charge on any atom is -0.0512 e. The van der Waals surface area contributed by atoms with Gasteiger partial charge >= 0.3 is 41.9 Å². The molecular formula is C22H34Cl2SiZr. The van der Waals surface area contributed by atoms with Crippen LogP contribution in [0.4, 0.5) is 0 Å². The molecule has 0 saturated heterocycles. The second-order valence-corrected chi connectivity index (χ2v) is 17.0. The van der Waals surface area contributed by atoms with E-state index in [9.17, 15) is 0 Å². The van der Waals surface area contributed by atoms with Gasteiger partial charge < -0.3 is 0 Å². The van der Waals surface area contributed by atoms with E-state index < -0.39 is 0 Å². The van der Waals surface area contributed by atoms with Crippen molar-refractivity contribution in [2.24, 2.45) is 0 Å². The van der Waals surface area contributed by atoms with Gasteiger partial charge in [-0.2, -0.15) is 45.5 Å². The van der Waals surface area contributed by atoms with E-state index >= 15 is 0 Å². The zero-order chi connectivity index (χ0) is 17.5. The normalized spacial score (nSPS) is 14.1. The minimum Gasteiger partial charge on any atom is -0.207 e. The van der Waals surface area contributed by atoms with Crippen molar-refractivity contribution in [1.82, 2.24) is 0 Å². The third-order valence-electron chi connectivity index (χ3n) is 4.72. The first kappa shape index (κ1) is 26.4. The van der Waals surface area contributed by atoms with E-state index in [-0.39, 0.29) is 30.2 Å². The monoisotopic (exact) mass is 486 g/mol. The average Bonchev–Trinajstić information content (AvgIpc) is 3.07. The van der Waals surface area contributed by atoms with Crippen LogP contribution in [0.1, 0.15) is 59.1 Å². The number of rotatable bonds is 0. The van der Waals surface area contributed by atoms with E-state index in [1.54, 1.807) is 45.6 Å². The molecule has 0 fully saturated rings. The van der Waals surface area contributed by atoms with Gasteiger partial charge in [-0.25, -0.2) is 12.1 Å². The molecule has 0 unspecified atom stereocenters. The van der Waals surface area contributed by atoms with Crippen LogP contribution in [0, 0.1) is 13.8 Å². The second-order valence-electron chi connectivity index (χ2n) is 7.58. The molecule has 0 atom stereocenters. The van der Waals surface area contributed by atoms with Gasteiger partial charge in [-0.15, -0.1) is 24.8 Å². The summed E-state index contributed by atoms with van der Waals surface area (Å²) in [7, 11) is 0. The van der Waals surface area contributed by atoms with Crippen LogP contribution in [-0.4, -0.2) is 5.43 Å². The molecule has 0 amide bonds. The van der Waals surface area contributed by atoms with Crippen molar-refractivity contribution in [2.45, 2.75) is 78.3 Å². The standard InChI is InChI=1S/2C10H13.C2H6Si.2ClH.Zr/c2*1-8-6-9-4-2-3-5-10(9)7-8;1-3-2;;;/h2*6-7H,2-5H2,1H3;1-2H3;2*1H;/q2*-1;;;;+2. The molecule has 0 aromatic heterocycles. The van der Waals surface area contributed by atoms with Gasteiger partial charge in [-0.05, 0) is 0 Å². The average molecular weight is 489 g/mol. The number of aryl methyl sites for hydroxylation is 6. The van der Waals surface area contributed by atoms with Crippen molar-refractivity contribution in [3.63, 3.8) is 0 Å². The van der Waals surface area contributed by atoms with Gasteiger partial charge in [0.1, 0.15) is 0 Å². The van der Waals surface area contributed by atoms with Gasteiger partial charge in [-0.3, -0.25) is 0 Å². The Morgan fingerprint density at radius 1 is 0.731 bits per heavy atom. The van der Waals surface area contributed by atoms with Gasteiger partial charge in [-0.1, -0.05) is 65.2 Å². The first-order chi connectivity index (χ1) is 11.5. The molecule has 2 aliphatic carbocycles. The smallest absolute Gasteiger partial charge is 0.0512 e. The summed E-state index contributed by atoms with van der Waals surface area (Å²) in [5.41, 5.74) is 9.57. The molecule has 2 aromatic carbocycles. The Morgan fingerprint density at radius 3 is 1.35 bits per heavy atom. The Morgan fingerprint density at radius 2 is 1.04 bits per heavy atom. The molecule has 0 nitrogen and oxygen atoms in total. The molecule has 4 heteroatoms. The third kappa shape index (κ3) is 9.05. The van der Waals surface area contributed by atoms with Crippen LogP contribution in [0.5, 0.6) is 0 Å². The maximum absolute atomic E-state index is 2.34. The number of hydrogen-bond donors (Lipinski definition) is 0. The van der Waals surface area contributed by atoms with Crippen LogP contribution >= 0.6 is 24.8 Å². The van der Waals surface area contributed by atoms with Crippen LogP contribution in [0.25, 0.3) is 0 Å². The molecule has 2 aromatic rings. The molecule has 0 radical (unpaired) electrons. The van der Waals surface area contributed by atoms with Gasteiger partial charge in [0.25, 0.3) is 0 Å². The SMILES string of the molecule is C[Si](C)=[Zr+2].Cc1cc2c([cH-]1)CCCC2.Cc1cc2c([cH-]1)CCCC2.Cl.Cl. The maximum atomic E-state index is 2.34. The zero-order valence-corrected chi connectivity index (χ0v) is 21.9. The quantitative estimate of drug-likeness (QED) is 0.282. The Balaban J connectivity index is 0.000000378. The molecule has 26 heavy (non-hydrogen) atoms. The van der Waals surface area contributed by atoms with E-state index in [0.29, 0.717) is 0 Å². The molecule has 0 N–H and O–H groups in total. The molecule has 0 heterocycles. The second kappa shape index (κ2) is 13.5. The first-order valence-corrected chi connectivity index (χ1v) is 15.7. The summed E-state index contributed by atoms with van der Waals surface area (Å²) in [5.74, 6) is 0. The molecule has 144 valence electrons. The summed E-state index contributed by atoms with van der Waals surface area (Å²) >= 11 is 1.74. The minimum absolute atomic E-state index is 0. The topological polar surface area (TPSA) is 0 Å². The third-order valence-corrected chi connectivity index (χ3v) is 4.72. The fourth-order valence-electron chi connectivity index (χ4n) is 3.75. The fraction of sp³-hybridized carbons (Fsp3) is 0.545. The van der Waals surface area contributed by atoms with Crippen molar-refractivity contribution in [2.75, 3.05) is 0 Å². The van der Waals surface area contributed by atoms with Crippen molar-refractivity contribution in [1.29, 1.82) is 0 Å². The molecule has 4 rings (SSSR count). The Kier molecular flexibility index (Phi) is 13.7. The summed E-state index contributed by atoms with van der Waals surface area (Å²) in [5, 5.41) is 0. The summed E-state index contributed by atoms with van der Waals surface area (Å²) in [6, 6.07) is 9.37. The first-order valence-electron chi connectivity index (χ1n) is 9.47. The summed E-state index contributed by atoms with van der Waals surface area (Å²) < 4.78 is 0. The van der Waals surface area contributed by atoms with E-state index in [1.165, 1.54) is 62.5 Å². The minimum atomic E-state index is 0. The van der Waals surface area contributed by atoms with Crippen LogP contribution in [0.15, 0.2) is 24.3 Å². The van der Waals surface area contributed by atoms with Gasteiger partial charge in [0.2, 0.25) is 0 Å². The van der Waals surface area contributed by atoms with E-state index in [2.05, 4.69) is 51.2 Å². The molecule has 0 spiro atoms. The van der Waals surface area contributed by atoms with Crippen molar-refractivity contribution < 1.29 is 23.3 Å².